The molecule has 2 aromatic carbocycles. The molecule has 0 atom stereocenters. The lowest BCUT2D eigenvalue weighted by Crippen LogP contribution is -2.36. The second-order valence-corrected chi connectivity index (χ2v) is 7.82. The number of imide groups is 1. The highest BCUT2D eigenvalue weighted by atomic mass is 35.5. The molecular formula is C19H20ClNO3S. The lowest BCUT2D eigenvalue weighted by Gasteiger charge is -2.19. The minimum absolute atomic E-state index is 0.347. The van der Waals surface area contributed by atoms with Crippen molar-refractivity contribution in [3.63, 3.8) is 0 Å². The summed E-state index contributed by atoms with van der Waals surface area (Å²) in [5.41, 5.74) is 0.809. The van der Waals surface area contributed by atoms with Crippen LogP contribution in [-0.2, 0) is 10.5 Å². The highest BCUT2D eigenvalue weighted by molar-refractivity contribution is 7.98. The van der Waals surface area contributed by atoms with Crippen LogP contribution in [0.4, 0.5) is 4.79 Å². The predicted molar refractivity (Wildman–Crippen MR) is 101 cm³/mol. The zero-order chi connectivity index (χ0) is 18.4. The molecule has 0 bridgehead atoms. The van der Waals surface area contributed by atoms with E-state index in [2.05, 4.69) is 5.32 Å². The summed E-state index contributed by atoms with van der Waals surface area (Å²) in [6, 6.07) is 15.0. The number of benzene rings is 2. The van der Waals surface area contributed by atoms with Gasteiger partial charge in [0.15, 0.2) is 0 Å². The molecule has 1 N–H and O–H groups in total. The Labute approximate surface area is 156 Å². The van der Waals surface area contributed by atoms with Gasteiger partial charge in [-0.25, -0.2) is 4.79 Å². The summed E-state index contributed by atoms with van der Waals surface area (Å²) >= 11 is 7.52. The molecule has 0 saturated carbocycles. The molecule has 2 amide bonds. The summed E-state index contributed by atoms with van der Waals surface area (Å²) in [6.45, 7) is 5.20. The molecular weight excluding hydrogens is 358 g/mol. The van der Waals surface area contributed by atoms with Gasteiger partial charge in [0.25, 0.3) is 5.91 Å². The summed E-state index contributed by atoms with van der Waals surface area (Å²) in [5.74, 6) is 0.169. The van der Waals surface area contributed by atoms with Crippen LogP contribution in [0, 0.1) is 0 Å². The molecule has 0 aliphatic rings. The van der Waals surface area contributed by atoms with E-state index in [4.69, 9.17) is 16.3 Å². The summed E-state index contributed by atoms with van der Waals surface area (Å²) in [4.78, 5) is 25.0. The maximum atomic E-state index is 12.4. The number of alkyl carbamates (subject to hydrolysis) is 1. The molecule has 0 fully saturated rings. The van der Waals surface area contributed by atoms with E-state index in [9.17, 15) is 9.59 Å². The van der Waals surface area contributed by atoms with Crippen molar-refractivity contribution in [1.82, 2.24) is 5.32 Å². The Morgan fingerprint density at radius 1 is 1.12 bits per heavy atom. The number of carbonyl (C=O) groups excluding carboxylic acids is 2. The first-order chi connectivity index (χ1) is 11.7. The van der Waals surface area contributed by atoms with Gasteiger partial charge in [-0.05, 0) is 44.5 Å². The van der Waals surface area contributed by atoms with Crippen molar-refractivity contribution in [3.05, 3.63) is 64.7 Å². The van der Waals surface area contributed by atoms with E-state index >= 15 is 0 Å². The van der Waals surface area contributed by atoms with Gasteiger partial charge in [-0.2, -0.15) is 0 Å². The van der Waals surface area contributed by atoms with Crippen LogP contribution in [-0.4, -0.2) is 17.6 Å². The van der Waals surface area contributed by atoms with Gasteiger partial charge in [0.05, 0.1) is 5.56 Å². The number of hydrogen-bond donors (Lipinski definition) is 1. The second-order valence-electron chi connectivity index (χ2n) is 6.37. The van der Waals surface area contributed by atoms with E-state index in [0.29, 0.717) is 16.3 Å². The minimum atomic E-state index is -0.781. The van der Waals surface area contributed by atoms with Crippen LogP contribution in [0.5, 0.6) is 0 Å². The monoisotopic (exact) mass is 377 g/mol. The van der Waals surface area contributed by atoms with Gasteiger partial charge in [0.2, 0.25) is 0 Å². The SMILES string of the molecule is CC(C)(C)OC(=O)NC(=O)c1cc(Cl)ccc1SCc1ccccc1. The third-order valence-electron chi connectivity index (χ3n) is 3.04. The van der Waals surface area contributed by atoms with E-state index in [1.165, 1.54) is 11.8 Å². The van der Waals surface area contributed by atoms with Crippen molar-refractivity contribution in [2.45, 2.75) is 37.0 Å². The molecule has 0 aliphatic carbocycles. The van der Waals surface area contributed by atoms with E-state index in [0.717, 1.165) is 10.5 Å². The first kappa shape index (κ1) is 19.3. The van der Waals surface area contributed by atoms with E-state index in [1.54, 1.807) is 39.0 Å². The molecule has 6 heteroatoms. The molecule has 0 radical (unpaired) electrons. The van der Waals surface area contributed by atoms with E-state index < -0.39 is 17.6 Å². The Bertz CT molecular complexity index is 757. The van der Waals surface area contributed by atoms with Crippen LogP contribution in [0.3, 0.4) is 0 Å². The van der Waals surface area contributed by atoms with Crippen LogP contribution in [0.25, 0.3) is 0 Å². The summed E-state index contributed by atoms with van der Waals surface area (Å²) in [5, 5.41) is 2.68. The van der Waals surface area contributed by atoms with Crippen molar-refractivity contribution in [3.8, 4) is 0 Å². The molecule has 25 heavy (non-hydrogen) atoms. The number of amides is 2. The van der Waals surface area contributed by atoms with E-state index in [1.807, 2.05) is 30.3 Å². The van der Waals surface area contributed by atoms with Crippen molar-refractivity contribution in [1.29, 1.82) is 0 Å². The summed E-state index contributed by atoms with van der Waals surface area (Å²) in [6.07, 6.45) is -0.781. The Kier molecular flexibility index (Phi) is 6.51. The topological polar surface area (TPSA) is 55.4 Å². The number of thioether (sulfide) groups is 1. The maximum absolute atomic E-state index is 12.4. The molecule has 132 valence electrons. The van der Waals surface area contributed by atoms with Crippen molar-refractivity contribution in [2.75, 3.05) is 0 Å². The largest absolute Gasteiger partial charge is 0.444 e. The van der Waals surface area contributed by atoms with Gasteiger partial charge in [0.1, 0.15) is 5.60 Å². The Morgan fingerprint density at radius 2 is 1.80 bits per heavy atom. The number of carbonyl (C=O) groups is 2. The summed E-state index contributed by atoms with van der Waals surface area (Å²) in [7, 11) is 0. The van der Waals surface area contributed by atoms with Crippen molar-refractivity contribution >= 4 is 35.4 Å². The van der Waals surface area contributed by atoms with Gasteiger partial charge in [0, 0.05) is 15.7 Å². The van der Waals surface area contributed by atoms with Gasteiger partial charge in [-0.15, -0.1) is 11.8 Å². The lowest BCUT2D eigenvalue weighted by molar-refractivity contribution is 0.0508. The molecule has 0 spiro atoms. The molecule has 0 unspecified atom stereocenters. The normalized spacial score (nSPS) is 11.0. The third-order valence-corrected chi connectivity index (χ3v) is 4.42. The highest BCUT2D eigenvalue weighted by Gasteiger charge is 2.20. The van der Waals surface area contributed by atoms with Crippen LogP contribution in [0.15, 0.2) is 53.4 Å². The quantitative estimate of drug-likeness (QED) is 0.735. The summed E-state index contributed by atoms with van der Waals surface area (Å²) < 4.78 is 5.12. The first-order valence-corrected chi connectivity index (χ1v) is 9.11. The zero-order valence-electron chi connectivity index (χ0n) is 14.3. The molecule has 0 aliphatic heterocycles. The van der Waals surface area contributed by atoms with Crippen LogP contribution < -0.4 is 5.32 Å². The van der Waals surface area contributed by atoms with Crippen molar-refractivity contribution < 1.29 is 14.3 Å². The Balaban J connectivity index is 2.12. The Morgan fingerprint density at radius 3 is 2.44 bits per heavy atom. The number of nitrogens with one attached hydrogen (secondary N) is 1. The fourth-order valence-corrected chi connectivity index (χ4v) is 3.16. The molecule has 2 rings (SSSR count). The van der Waals surface area contributed by atoms with E-state index in [-0.39, 0.29) is 0 Å². The average molecular weight is 378 g/mol. The predicted octanol–water partition coefficient (Wildman–Crippen LogP) is 5.30. The molecule has 2 aromatic rings. The smallest absolute Gasteiger partial charge is 0.414 e. The average Bonchev–Trinajstić information content (AvgIpc) is 2.52. The van der Waals surface area contributed by atoms with Gasteiger partial charge in [-0.1, -0.05) is 41.9 Å². The molecule has 4 nitrogen and oxygen atoms in total. The van der Waals surface area contributed by atoms with Crippen LogP contribution in [0.1, 0.15) is 36.7 Å². The fraction of sp³-hybridized carbons (Fsp3) is 0.263. The van der Waals surface area contributed by atoms with Crippen LogP contribution in [0.2, 0.25) is 5.02 Å². The van der Waals surface area contributed by atoms with Gasteiger partial charge in [-0.3, -0.25) is 10.1 Å². The second kappa shape index (κ2) is 8.41. The van der Waals surface area contributed by atoms with Gasteiger partial charge >= 0.3 is 6.09 Å². The molecule has 0 aromatic heterocycles. The fourth-order valence-electron chi connectivity index (χ4n) is 2.00. The Hall–Kier alpha value is -1.98. The molecule has 0 heterocycles. The standard InChI is InChI=1S/C19H20ClNO3S/c1-19(2,3)24-18(23)21-17(22)15-11-14(20)9-10-16(15)25-12-13-7-5-4-6-8-13/h4-11H,12H2,1-3H3,(H,21,22,23). The molecule has 0 saturated heterocycles. The number of hydrogen-bond acceptors (Lipinski definition) is 4. The highest BCUT2D eigenvalue weighted by Crippen LogP contribution is 2.28. The minimum Gasteiger partial charge on any atom is -0.444 e. The van der Waals surface area contributed by atoms with Crippen LogP contribution >= 0.6 is 23.4 Å². The zero-order valence-corrected chi connectivity index (χ0v) is 15.9. The number of rotatable bonds is 4. The lowest BCUT2D eigenvalue weighted by atomic mass is 10.2. The number of halogens is 1. The maximum Gasteiger partial charge on any atom is 0.414 e. The van der Waals surface area contributed by atoms with Gasteiger partial charge < -0.3 is 4.74 Å². The number of ether oxygens (including phenoxy) is 1. The first-order valence-electron chi connectivity index (χ1n) is 7.75. The third kappa shape index (κ3) is 6.44. The van der Waals surface area contributed by atoms with Crippen molar-refractivity contribution in [2.24, 2.45) is 0 Å².